The number of hydrogen-bond acceptors (Lipinski definition) is 1. The molecule has 0 aliphatic carbocycles. The lowest BCUT2D eigenvalue weighted by molar-refractivity contribution is -0.136. The van der Waals surface area contributed by atoms with Crippen molar-refractivity contribution in [2.24, 2.45) is 0 Å². The molecule has 0 aliphatic heterocycles. The summed E-state index contributed by atoms with van der Waals surface area (Å²) in [5.41, 5.74) is 3.89. The SMILES string of the molecule is C[C@@H](CCCCc1cccc(CCC(=O)O)c1)c1cccc2ccccc12. The molecule has 0 heterocycles. The smallest absolute Gasteiger partial charge is 0.303 e. The van der Waals surface area contributed by atoms with Gasteiger partial charge in [0.15, 0.2) is 0 Å². The number of benzene rings is 3. The normalized spacial score (nSPS) is 12.2. The van der Waals surface area contributed by atoms with E-state index < -0.39 is 5.97 Å². The molecule has 3 aromatic carbocycles. The van der Waals surface area contributed by atoms with Crippen molar-refractivity contribution < 1.29 is 9.90 Å². The third-order valence-corrected chi connectivity index (χ3v) is 5.33. The Morgan fingerprint density at radius 1 is 0.889 bits per heavy atom. The molecule has 0 fully saturated rings. The predicted molar refractivity (Wildman–Crippen MR) is 112 cm³/mol. The fraction of sp³-hybridized carbons (Fsp3) is 0.320. The Bertz CT molecular complexity index is 892. The van der Waals surface area contributed by atoms with E-state index in [1.54, 1.807) is 0 Å². The van der Waals surface area contributed by atoms with E-state index in [1.807, 2.05) is 12.1 Å². The van der Waals surface area contributed by atoms with Crippen LogP contribution in [0, 0.1) is 0 Å². The summed E-state index contributed by atoms with van der Waals surface area (Å²) in [6.07, 6.45) is 5.42. The van der Waals surface area contributed by atoms with E-state index in [2.05, 4.69) is 61.5 Å². The van der Waals surface area contributed by atoms with Crippen molar-refractivity contribution in [1.82, 2.24) is 0 Å². The summed E-state index contributed by atoms with van der Waals surface area (Å²) in [6, 6.07) is 23.6. The molecule has 2 nitrogen and oxygen atoms in total. The lowest BCUT2D eigenvalue weighted by atomic mass is 9.90. The van der Waals surface area contributed by atoms with E-state index in [0.717, 1.165) is 18.4 Å². The van der Waals surface area contributed by atoms with Crippen LogP contribution < -0.4 is 0 Å². The molecule has 0 saturated carbocycles. The van der Waals surface area contributed by atoms with Gasteiger partial charge in [-0.15, -0.1) is 0 Å². The van der Waals surface area contributed by atoms with Crippen LogP contribution in [0.25, 0.3) is 10.8 Å². The number of fused-ring (bicyclic) bond motifs is 1. The molecule has 2 heteroatoms. The van der Waals surface area contributed by atoms with Crippen LogP contribution >= 0.6 is 0 Å². The predicted octanol–water partition coefficient (Wildman–Crippen LogP) is 6.37. The summed E-state index contributed by atoms with van der Waals surface area (Å²) in [5, 5.41) is 11.5. The molecule has 3 rings (SSSR count). The molecule has 3 aromatic rings. The van der Waals surface area contributed by atoms with E-state index in [9.17, 15) is 4.79 Å². The van der Waals surface area contributed by atoms with Gasteiger partial charge in [-0.2, -0.15) is 0 Å². The van der Waals surface area contributed by atoms with Crippen LogP contribution in [-0.4, -0.2) is 11.1 Å². The quantitative estimate of drug-likeness (QED) is 0.450. The highest BCUT2D eigenvalue weighted by molar-refractivity contribution is 5.86. The molecule has 1 atom stereocenters. The Kier molecular flexibility index (Phi) is 6.64. The van der Waals surface area contributed by atoms with Crippen LogP contribution in [-0.2, 0) is 17.6 Å². The Balaban J connectivity index is 1.51. The fourth-order valence-corrected chi connectivity index (χ4v) is 3.81. The average Bonchev–Trinajstić information content (AvgIpc) is 2.69. The van der Waals surface area contributed by atoms with Crippen molar-refractivity contribution >= 4 is 16.7 Å². The van der Waals surface area contributed by atoms with E-state index >= 15 is 0 Å². The summed E-state index contributed by atoms with van der Waals surface area (Å²) >= 11 is 0. The first kappa shape index (κ1) is 19.2. The minimum absolute atomic E-state index is 0.200. The molecule has 0 spiro atoms. The second-order valence-corrected chi connectivity index (χ2v) is 7.43. The largest absolute Gasteiger partial charge is 0.481 e. The Hall–Kier alpha value is -2.61. The number of rotatable bonds is 9. The molecule has 0 amide bonds. The monoisotopic (exact) mass is 360 g/mol. The summed E-state index contributed by atoms with van der Waals surface area (Å²) in [6.45, 7) is 2.33. The van der Waals surface area contributed by atoms with E-state index in [-0.39, 0.29) is 6.42 Å². The van der Waals surface area contributed by atoms with Crippen molar-refractivity contribution in [2.45, 2.75) is 51.4 Å². The lowest BCUT2D eigenvalue weighted by Gasteiger charge is -2.15. The van der Waals surface area contributed by atoms with Crippen molar-refractivity contribution in [3.05, 3.63) is 83.4 Å². The Labute approximate surface area is 161 Å². The van der Waals surface area contributed by atoms with Crippen LogP contribution in [0.15, 0.2) is 66.7 Å². The number of carboxylic acids is 1. The number of unbranched alkanes of at least 4 members (excludes halogenated alkanes) is 1. The minimum Gasteiger partial charge on any atom is -0.481 e. The van der Waals surface area contributed by atoms with Crippen molar-refractivity contribution in [1.29, 1.82) is 0 Å². The highest BCUT2D eigenvalue weighted by Crippen LogP contribution is 2.29. The zero-order chi connectivity index (χ0) is 19.1. The van der Waals surface area contributed by atoms with Crippen LogP contribution in [0.4, 0.5) is 0 Å². The molecule has 1 N–H and O–H groups in total. The summed E-state index contributed by atoms with van der Waals surface area (Å²) in [7, 11) is 0. The van der Waals surface area contributed by atoms with E-state index in [1.165, 1.54) is 34.7 Å². The number of hydrogen-bond donors (Lipinski definition) is 1. The molecule has 0 aliphatic rings. The van der Waals surface area contributed by atoms with Crippen LogP contribution in [0.2, 0.25) is 0 Å². The van der Waals surface area contributed by atoms with Crippen molar-refractivity contribution in [3.8, 4) is 0 Å². The van der Waals surface area contributed by atoms with E-state index in [0.29, 0.717) is 12.3 Å². The first-order valence-electron chi connectivity index (χ1n) is 9.91. The molecule has 0 aromatic heterocycles. The maximum atomic E-state index is 10.7. The van der Waals surface area contributed by atoms with Gasteiger partial charge in [-0.25, -0.2) is 0 Å². The first-order chi connectivity index (χ1) is 13.1. The summed E-state index contributed by atoms with van der Waals surface area (Å²) in [5.74, 6) is -0.180. The second kappa shape index (κ2) is 9.36. The first-order valence-corrected chi connectivity index (χ1v) is 9.91. The highest BCUT2D eigenvalue weighted by Gasteiger charge is 2.09. The van der Waals surface area contributed by atoms with Gasteiger partial charge in [0.05, 0.1) is 0 Å². The summed E-state index contributed by atoms with van der Waals surface area (Å²) < 4.78 is 0. The molecule has 0 bridgehead atoms. The van der Waals surface area contributed by atoms with Gasteiger partial charge in [-0.1, -0.05) is 80.1 Å². The zero-order valence-corrected chi connectivity index (χ0v) is 16.0. The van der Waals surface area contributed by atoms with Crippen molar-refractivity contribution in [3.63, 3.8) is 0 Å². The molecule has 0 saturated heterocycles. The summed E-state index contributed by atoms with van der Waals surface area (Å²) in [4.78, 5) is 10.7. The number of carboxylic acid groups (broad SMARTS) is 1. The Morgan fingerprint density at radius 3 is 2.41 bits per heavy atom. The van der Waals surface area contributed by atoms with Gasteiger partial charge in [-0.05, 0) is 59.1 Å². The average molecular weight is 360 g/mol. The Morgan fingerprint density at radius 2 is 1.59 bits per heavy atom. The standard InChI is InChI=1S/C25H28O2/c1-19(23-15-7-13-22-12-4-5-14-24(22)23)8-2-3-9-20-10-6-11-21(18-20)16-17-25(26)27/h4-7,10-15,18-19H,2-3,8-9,16-17H2,1H3,(H,26,27)/t19-/m0/s1. The highest BCUT2D eigenvalue weighted by atomic mass is 16.4. The maximum Gasteiger partial charge on any atom is 0.303 e. The maximum absolute atomic E-state index is 10.7. The molecular weight excluding hydrogens is 332 g/mol. The minimum atomic E-state index is -0.733. The number of aliphatic carboxylic acids is 1. The van der Waals surface area contributed by atoms with Crippen LogP contribution in [0.1, 0.15) is 55.2 Å². The van der Waals surface area contributed by atoms with Crippen LogP contribution in [0.5, 0.6) is 0 Å². The molecular formula is C25H28O2. The lowest BCUT2D eigenvalue weighted by Crippen LogP contribution is -1.98. The van der Waals surface area contributed by atoms with Gasteiger partial charge in [-0.3, -0.25) is 4.79 Å². The van der Waals surface area contributed by atoms with Crippen molar-refractivity contribution in [2.75, 3.05) is 0 Å². The molecule has 0 radical (unpaired) electrons. The molecule has 0 unspecified atom stereocenters. The van der Waals surface area contributed by atoms with Crippen LogP contribution in [0.3, 0.4) is 0 Å². The molecule has 140 valence electrons. The third kappa shape index (κ3) is 5.43. The van der Waals surface area contributed by atoms with Gasteiger partial charge >= 0.3 is 5.97 Å². The van der Waals surface area contributed by atoms with Gasteiger partial charge < -0.3 is 5.11 Å². The van der Waals surface area contributed by atoms with Gasteiger partial charge in [0.2, 0.25) is 0 Å². The fourth-order valence-electron chi connectivity index (χ4n) is 3.81. The zero-order valence-electron chi connectivity index (χ0n) is 16.0. The third-order valence-electron chi connectivity index (χ3n) is 5.33. The molecule has 27 heavy (non-hydrogen) atoms. The number of carbonyl (C=O) groups is 1. The van der Waals surface area contributed by atoms with E-state index in [4.69, 9.17) is 5.11 Å². The topological polar surface area (TPSA) is 37.3 Å². The van der Waals surface area contributed by atoms with Gasteiger partial charge in [0, 0.05) is 6.42 Å². The second-order valence-electron chi connectivity index (χ2n) is 7.43. The van der Waals surface area contributed by atoms with Gasteiger partial charge in [0.25, 0.3) is 0 Å². The number of aryl methyl sites for hydroxylation is 2. The van der Waals surface area contributed by atoms with Gasteiger partial charge in [0.1, 0.15) is 0 Å².